The Bertz CT molecular complexity index is 1450. The van der Waals surface area contributed by atoms with Gasteiger partial charge in [0.05, 0.1) is 39.3 Å². The Hall–Kier alpha value is -0.729. The Kier molecular flexibility index (Phi) is 62.6. The van der Waals surface area contributed by atoms with E-state index in [-0.39, 0.29) is 75.3 Å². The van der Waals surface area contributed by atoms with Crippen molar-refractivity contribution in [1.29, 1.82) is 0 Å². The van der Waals surface area contributed by atoms with Crippen LogP contribution in [0.15, 0.2) is 0 Å². The van der Waals surface area contributed by atoms with Crippen molar-refractivity contribution >= 4 is 93.0 Å². The molecule has 0 radical (unpaired) electrons. The standard InChI is InChI=1S/2C30H58O7S.Ba/c2*1-3-5-7-9-11-13-15-17-19-21-23-25-36-29(31)27-28(38(33,34)35)30(32)37-26-24-22-20-18-16-14-12-10-8-6-4-2;/h2*28H,3-27H2,1-2H3,(H,33,34,35);/q;;+2/p-2. The van der Waals surface area contributed by atoms with E-state index in [0.717, 1.165) is 77.0 Å². The van der Waals surface area contributed by atoms with E-state index in [4.69, 9.17) is 18.9 Å². The second-order valence-electron chi connectivity index (χ2n) is 21.3. The SMILES string of the molecule is CCCCCCCCCCCCCOC(=O)CC(C(=O)OCCCCCCCCCCCCC)S(=O)(=O)[O-].CCCCCCCCCCCCCOC(=O)CC(C(=O)OCCCCCCCCCCCCC)S(=O)(=O)[O-].[Ba+2]. The van der Waals surface area contributed by atoms with Crippen molar-refractivity contribution in [2.24, 2.45) is 0 Å². The molecule has 0 saturated carbocycles. The molecule has 0 aromatic rings. The summed E-state index contributed by atoms with van der Waals surface area (Å²) in [5.41, 5.74) is 0. The largest absolute Gasteiger partial charge is 2.00 e. The van der Waals surface area contributed by atoms with E-state index in [1.54, 1.807) is 0 Å². The number of carbonyl (C=O) groups excluding carboxylic acids is 4. The average molecular weight is 1260 g/mol. The van der Waals surface area contributed by atoms with Gasteiger partial charge in [-0.1, -0.05) is 285 Å². The van der Waals surface area contributed by atoms with Gasteiger partial charge in [0.2, 0.25) is 0 Å². The molecule has 0 spiro atoms. The van der Waals surface area contributed by atoms with Gasteiger partial charge in [0, 0.05) is 0 Å². The zero-order valence-electron chi connectivity index (χ0n) is 49.7. The summed E-state index contributed by atoms with van der Waals surface area (Å²) in [5.74, 6) is -4.02. The molecule has 0 saturated heterocycles. The van der Waals surface area contributed by atoms with E-state index in [2.05, 4.69) is 27.7 Å². The molecule has 0 bridgehead atoms. The third kappa shape index (κ3) is 58.3. The molecule has 17 heteroatoms. The first-order chi connectivity index (χ1) is 36.6. The van der Waals surface area contributed by atoms with Gasteiger partial charge in [-0.05, 0) is 25.7 Å². The van der Waals surface area contributed by atoms with Gasteiger partial charge in [0.25, 0.3) is 0 Å². The monoisotopic (exact) mass is 1260 g/mol. The van der Waals surface area contributed by atoms with Gasteiger partial charge in [-0.2, -0.15) is 0 Å². The third-order valence-electron chi connectivity index (χ3n) is 13.9. The van der Waals surface area contributed by atoms with Crippen LogP contribution in [0.3, 0.4) is 0 Å². The summed E-state index contributed by atoms with van der Waals surface area (Å²) in [5, 5.41) is -4.08. The summed E-state index contributed by atoms with van der Waals surface area (Å²) in [6, 6.07) is 0. The van der Waals surface area contributed by atoms with E-state index in [9.17, 15) is 45.1 Å². The van der Waals surface area contributed by atoms with Crippen LogP contribution in [-0.2, 0) is 58.4 Å². The quantitative estimate of drug-likeness (QED) is 0.0182. The van der Waals surface area contributed by atoms with E-state index >= 15 is 0 Å². The fourth-order valence-electron chi connectivity index (χ4n) is 9.00. The van der Waals surface area contributed by atoms with Gasteiger partial charge in [0.15, 0.2) is 10.5 Å². The summed E-state index contributed by atoms with van der Waals surface area (Å²) in [7, 11) is -10.0. The first-order valence-electron chi connectivity index (χ1n) is 31.2. The van der Waals surface area contributed by atoms with Gasteiger partial charge in [0.1, 0.15) is 20.2 Å². The first-order valence-corrected chi connectivity index (χ1v) is 34.1. The molecule has 0 aromatic heterocycles. The molecular weight excluding hydrogens is 1150 g/mol. The summed E-state index contributed by atoms with van der Waals surface area (Å²) in [4.78, 5) is 48.4. The summed E-state index contributed by atoms with van der Waals surface area (Å²) in [6.07, 6.45) is 49.2. The third-order valence-corrected chi connectivity index (χ3v) is 16.0. The molecule has 77 heavy (non-hydrogen) atoms. The summed E-state index contributed by atoms with van der Waals surface area (Å²) in [6.45, 7) is 9.29. The maximum absolute atomic E-state index is 12.2. The maximum atomic E-state index is 12.2. The number of esters is 4. The topological polar surface area (TPSA) is 220 Å². The van der Waals surface area contributed by atoms with Crippen LogP contribution in [0.5, 0.6) is 0 Å². The predicted octanol–water partition coefficient (Wildman–Crippen LogP) is 15.6. The molecule has 0 aliphatic carbocycles. The van der Waals surface area contributed by atoms with E-state index < -0.39 is 67.5 Å². The van der Waals surface area contributed by atoms with Crippen molar-refractivity contribution in [2.75, 3.05) is 26.4 Å². The molecule has 0 rings (SSSR count). The van der Waals surface area contributed by atoms with Crippen LogP contribution in [0, 0.1) is 0 Å². The molecule has 0 amide bonds. The molecule has 0 heterocycles. The predicted molar refractivity (Wildman–Crippen MR) is 312 cm³/mol. The van der Waals surface area contributed by atoms with Gasteiger partial charge in [-0.3, -0.25) is 19.2 Å². The molecule has 0 aliphatic heterocycles. The first kappa shape index (κ1) is 80.5. The summed E-state index contributed by atoms with van der Waals surface area (Å²) < 4.78 is 89.4. The van der Waals surface area contributed by atoms with Gasteiger partial charge < -0.3 is 28.1 Å². The van der Waals surface area contributed by atoms with Gasteiger partial charge in [-0.15, -0.1) is 0 Å². The number of carbonyl (C=O) groups is 4. The fraction of sp³-hybridized carbons (Fsp3) is 0.933. The van der Waals surface area contributed by atoms with Crippen molar-refractivity contribution in [3.8, 4) is 0 Å². The maximum Gasteiger partial charge on any atom is 2.00 e. The number of rotatable bonds is 56. The van der Waals surface area contributed by atoms with Crippen LogP contribution in [-0.4, -0.2) is 136 Å². The Morgan fingerprint density at radius 2 is 0.442 bits per heavy atom. The minimum absolute atomic E-state index is 0. The Labute approximate surface area is 512 Å². The molecule has 2 unspecified atom stereocenters. The number of hydrogen-bond acceptors (Lipinski definition) is 14. The molecule has 0 N–H and O–H groups in total. The summed E-state index contributed by atoms with van der Waals surface area (Å²) >= 11 is 0. The van der Waals surface area contributed by atoms with Crippen molar-refractivity contribution in [3.05, 3.63) is 0 Å². The van der Waals surface area contributed by atoms with Crippen LogP contribution in [0.2, 0.25) is 0 Å². The number of hydrogen-bond donors (Lipinski definition) is 0. The molecule has 2 atom stereocenters. The molecule has 452 valence electrons. The van der Waals surface area contributed by atoms with Gasteiger partial charge in [-0.25, -0.2) is 16.8 Å². The molecular formula is C60H114BaO14S2. The fourth-order valence-corrected chi connectivity index (χ4v) is 10.3. The normalized spacial score (nSPS) is 12.2. The smallest absolute Gasteiger partial charge is 0.747 e. The minimum Gasteiger partial charge on any atom is -0.747 e. The molecule has 0 aliphatic rings. The molecule has 0 aromatic carbocycles. The van der Waals surface area contributed by atoms with Crippen molar-refractivity contribution in [1.82, 2.24) is 0 Å². The minimum atomic E-state index is -5.01. The van der Waals surface area contributed by atoms with Crippen LogP contribution < -0.4 is 0 Å². The van der Waals surface area contributed by atoms with Crippen molar-refractivity contribution in [3.63, 3.8) is 0 Å². The average Bonchev–Trinajstić information content (AvgIpc) is 3.37. The van der Waals surface area contributed by atoms with Crippen molar-refractivity contribution < 1.29 is 64.1 Å². The second kappa shape index (κ2) is 59.9. The van der Waals surface area contributed by atoms with Crippen LogP contribution in [0.25, 0.3) is 0 Å². The van der Waals surface area contributed by atoms with Crippen LogP contribution in [0.4, 0.5) is 0 Å². The van der Waals surface area contributed by atoms with E-state index in [1.807, 2.05) is 0 Å². The molecule has 0 fully saturated rings. The van der Waals surface area contributed by atoms with Crippen LogP contribution >= 0.6 is 0 Å². The Morgan fingerprint density at radius 3 is 0.610 bits per heavy atom. The Morgan fingerprint density at radius 1 is 0.286 bits per heavy atom. The molecule has 14 nitrogen and oxygen atoms in total. The van der Waals surface area contributed by atoms with Crippen LogP contribution in [0.1, 0.15) is 323 Å². The zero-order valence-corrected chi connectivity index (χ0v) is 55.8. The van der Waals surface area contributed by atoms with Crippen molar-refractivity contribution in [2.45, 2.75) is 334 Å². The van der Waals surface area contributed by atoms with Gasteiger partial charge >= 0.3 is 72.8 Å². The zero-order chi connectivity index (χ0) is 56.6. The van der Waals surface area contributed by atoms with E-state index in [1.165, 1.54) is 180 Å². The van der Waals surface area contributed by atoms with E-state index in [0.29, 0.717) is 25.7 Å². The number of unbranched alkanes of at least 4 members (excludes halogenated alkanes) is 40. The second-order valence-corrected chi connectivity index (χ2v) is 24.4. The number of ether oxygens (including phenoxy) is 4. The Balaban J connectivity index is -0.00000140.